The van der Waals surface area contributed by atoms with Crippen molar-refractivity contribution in [1.82, 2.24) is 14.9 Å². The molecular formula is C17H17N3O4. The van der Waals surface area contributed by atoms with Gasteiger partial charge in [0.25, 0.3) is 0 Å². The summed E-state index contributed by atoms with van der Waals surface area (Å²) in [6.45, 7) is 0.306. The molecule has 7 nitrogen and oxygen atoms in total. The van der Waals surface area contributed by atoms with Crippen molar-refractivity contribution in [3.8, 4) is 11.8 Å². The summed E-state index contributed by atoms with van der Waals surface area (Å²) in [5.74, 6) is 5.12. The number of amides is 1. The van der Waals surface area contributed by atoms with Crippen LogP contribution in [0.15, 0.2) is 36.5 Å². The molecule has 24 heavy (non-hydrogen) atoms. The molecule has 1 aromatic heterocycles. The van der Waals surface area contributed by atoms with Crippen molar-refractivity contribution < 1.29 is 19.1 Å². The van der Waals surface area contributed by atoms with Crippen LogP contribution < -0.4 is 5.32 Å². The zero-order chi connectivity index (χ0) is 17.4. The van der Waals surface area contributed by atoms with E-state index < -0.39 is 12.1 Å². The van der Waals surface area contributed by atoms with Crippen molar-refractivity contribution in [2.24, 2.45) is 7.05 Å². The summed E-state index contributed by atoms with van der Waals surface area (Å²) in [5, 5.41) is 2.52. The van der Waals surface area contributed by atoms with Gasteiger partial charge < -0.3 is 19.4 Å². The van der Waals surface area contributed by atoms with Gasteiger partial charge in [-0.25, -0.2) is 14.6 Å². The van der Waals surface area contributed by atoms with E-state index in [1.165, 1.54) is 11.7 Å². The third-order valence-corrected chi connectivity index (χ3v) is 2.99. The molecule has 1 aromatic carbocycles. The van der Waals surface area contributed by atoms with Crippen LogP contribution in [0.5, 0.6) is 0 Å². The summed E-state index contributed by atoms with van der Waals surface area (Å²) in [4.78, 5) is 27.0. The van der Waals surface area contributed by atoms with Gasteiger partial charge in [0, 0.05) is 13.2 Å². The summed E-state index contributed by atoms with van der Waals surface area (Å²) < 4.78 is 11.2. The second kappa shape index (κ2) is 8.39. The molecule has 0 radical (unpaired) electrons. The van der Waals surface area contributed by atoms with Crippen LogP contribution in [0, 0.1) is 11.8 Å². The van der Waals surface area contributed by atoms with Crippen LogP contribution in [-0.4, -0.2) is 35.3 Å². The Morgan fingerprint density at radius 1 is 1.29 bits per heavy atom. The lowest BCUT2D eigenvalue weighted by Crippen LogP contribution is -2.24. The lowest BCUT2D eigenvalue weighted by molar-refractivity contribution is 0.0582. The standard InChI is InChI=1S/C17H17N3O4/c1-20-11-14(19-15(20)16(21)23-2)9-6-10-18-17(22)24-12-13-7-4-3-5-8-13/h3-5,7-8,11H,10,12H2,1-2H3,(H,18,22). The van der Waals surface area contributed by atoms with Crippen molar-refractivity contribution in [2.75, 3.05) is 13.7 Å². The number of alkyl carbamates (subject to hydrolysis) is 1. The minimum Gasteiger partial charge on any atom is -0.463 e. The Morgan fingerprint density at radius 2 is 2.04 bits per heavy atom. The zero-order valence-electron chi connectivity index (χ0n) is 13.4. The first-order chi connectivity index (χ1) is 11.6. The van der Waals surface area contributed by atoms with Crippen LogP contribution in [0.1, 0.15) is 21.9 Å². The van der Waals surface area contributed by atoms with E-state index in [2.05, 4.69) is 26.9 Å². The number of methoxy groups -OCH3 is 1. The fourth-order valence-corrected chi connectivity index (χ4v) is 1.83. The molecule has 1 amide bonds. The predicted molar refractivity (Wildman–Crippen MR) is 86.1 cm³/mol. The van der Waals surface area contributed by atoms with Crippen molar-refractivity contribution in [1.29, 1.82) is 0 Å². The predicted octanol–water partition coefficient (Wildman–Crippen LogP) is 1.48. The average Bonchev–Trinajstić information content (AvgIpc) is 2.98. The molecule has 0 saturated heterocycles. The van der Waals surface area contributed by atoms with Gasteiger partial charge in [-0.15, -0.1) is 0 Å². The van der Waals surface area contributed by atoms with E-state index >= 15 is 0 Å². The zero-order valence-corrected chi connectivity index (χ0v) is 13.4. The molecule has 0 fully saturated rings. The van der Waals surface area contributed by atoms with E-state index in [1.54, 1.807) is 13.2 Å². The highest BCUT2D eigenvalue weighted by molar-refractivity contribution is 5.85. The third-order valence-electron chi connectivity index (χ3n) is 2.99. The molecule has 1 heterocycles. The molecule has 0 spiro atoms. The second-order valence-corrected chi connectivity index (χ2v) is 4.77. The fourth-order valence-electron chi connectivity index (χ4n) is 1.83. The SMILES string of the molecule is COC(=O)c1nc(C#CCNC(=O)OCc2ccccc2)cn1C. The van der Waals surface area contributed by atoms with E-state index in [0.717, 1.165) is 5.56 Å². The molecule has 0 aliphatic heterocycles. The average molecular weight is 327 g/mol. The topological polar surface area (TPSA) is 82.4 Å². The van der Waals surface area contributed by atoms with Crippen molar-refractivity contribution in [2.45, 2.75) is 6.61 Å². The Balaban J connectivity index is 1.79. The normalized spacial score (nSPS) is 9.58. The molecule has 0 bridgehead atoms. The minimum absolute atomic E-state index is 0.109. The summed E-state index contributed by atoms with van der Waals surface area (Å²) in [5.41, 5.74) is 1.32. The highest BCUT2D eigenvalue weighted by atomic mass is 16.5. The Hall–Kier alpha value is -3.27. The number of rotatable bonds is 4. The van der Waals surface area contributed by atoms with E-state index in [4.69, 9.17) is 4.74 Å². The van der Waals surface area contributed by atoms with E-state index in [-0.39, 0.29) is 19.0 Å². The van der Waals surface area contributed by atoms with Gasteiger partial charge in [0.15, 0.2) is 0 Å². The number of esters is 1. The monoisotopic (exact) mass is 327 g/mol. The summed E-state index contributed by atoms with van der Waals surface area (Å²) in [6, 6.07) is 9.37. The van der Waals surface area contributed by atoms with E-state index in [9.17, 15) is 9.59 Å². The lowest BCUT2D eigenvalue weighted by Gasteiger charge is -2.04. The van der Waals surface area contributed by atoms with Crippen LogP contribution >= 0.6 is 0 Å². The van der Waals surface area contributed by atoms with Crippen LogP contribution in [0.2, 0.25) is 0 Å². The van der Waals surface area contributed by atoms with Crippen LogP contribution in [0.25, 0.3) is 0 Å². The first-order valence-corrected chi connectivity index (χ1v) is 7.15. The molecule has 124 valence electrons. The summed E-state index contributed by atoms with van der Waals surface area (Å²) in [7, 11) is 2.96. The number of aryl methyl sites for hydroxylation is 1. The number of imidazole rings is 1. The van der Waals surface area contributed by atoms with Crippen LogP contribution in [-0.2, 0) is 23.1 Å². The molecule has 0 saturated carbocycles. The maximum absolute atomic E-state index is 11.5. The van der Waals surface area contributed by atoms with E-state index in [0.29, 0.717) is 5.69 Å². The van der Waals surface area contributed by atoms with Gasteiger partial charge in [0.05, 0.1) is 13.7 Å². The quantitative estimate of drug-likeness (QED) is 0.679. The maximum Gasteiger partial charge on any atom is 0.408 e. The Bertz CT molecular complexity index is 772. The van der Waals surface area contributed by atoms with Crippen LogP contribution in [0.4, 0.5) is 4.79 Å². The van der Waals surface area contributed by atoms with Crippen molar-refractivity contribution in [3.05, 3.63) is 53.6 Å². The lowest BCUT2D eigenvalue weighted by atomic mass is 10.2. The highest BCUT2D eigenvalue weighted by Gasteiger charge is 2.12. The first-order valence-electron chi connectivity index (χ1n) is 7.15. The second-order valence-electron chi connectivity index (χ2n) is 4.77. The number of ether oxygens (including phenoxy) is 2. The van der Waals surface area contributed by atoms with Crippen molar-refractivity contribution >= 4 is 12.1 Å². The van der Waals surface area contributed by atoms with Gasteiger partial charge in [-0.1, -0.05) is 36.3 Å². The van der Waals surface area contributed by atoms with Gasteiger partial charge in [-0.2, -0.15) is 0 Å². The molecule has 0 aliphatic rings. The molecule has 0 unspecified atom stereocenters. The number of hydrogen-bond acceptors (Lipinski definition) is 5. The number of nitrogens with zero attached hydrogens (tertiary/aromatic N) is 2. The van der Waals surface area contributed by atoms with Crippen LogP contribution in [0.3, 0.4) is 0 Å². The number of nitrogens with one attached hydrogen (secondary N) is 1. The number of aromatic nitrogens is 2. The molecular weight excluding hydrogens is 310 g/mol. The number of carbonyl (C=O) groups is 2. The smallest absolute Gasteiger partial charge is 0.408 e. The molecule has 2 aromatic rings. The summed E-state index contributed by atoms with van der Waals surface area (Å²) in [6.07, 6.45) is 1.05. The molecule has 2 rings (SSSR count). The number of hydrogen-bond donors (Lipinski definition) is 1. The highest BCUT2D eigenvalue weighted by Crippen LogP contribution is 2.02. The third kappa shape index (κ3) is 4.88. The van der Waals surface area contributed by atoms with Gasteiger partial charge >= 0.3 is 12.1 Å². The Morgan fingerprint density at radius 3 is 2.75 bits per heavy atom. The number of benzene rings is 1. The minimum atomic E-state index is -0.551. The molecule has 7 heteroatoms. The first kappa shape index (κ1) is 17.1. The van der Waals surface area contributed by atoms with E-state index in [1.807, 2.05) is 30.3 Å². The maximum atomic E-state index is 11.5. The van der Waals surface area contributed by atoms with Gasteiger partial charge in [0.2, 0.25) is 5.82 Å². The molecule has 0 aliphatic carbocycles. The van der Waals surface area contributed by atoms with Crippen molar-refractivity contribution in [3.63, 3.8) is 0 Å². The Kier molecular flexibility index (Phi) is 5.97. The fraction of sp³-hybridized carbons (Fsp3) is 0.235. The van der Waals surface area contributed by atoms with Gasteiger partial charge in [-0.05, 0) is 11.5 Å². The van der Waals surface area contributed by atoms with Gasteiger partial charge in [0.1, 0.15) is 12.3 Å². The molecule has 0 atom stereocenters. The summed E-state index contributed by atoms with van der Waals surface area (Å²) >= 11 is 0. The molecule has 1 N–H and O–H groups in total. The Labute approximate surface area is 139 Å². The largest absolute Gasteiger partial charge is 0.463 e. The van der Waals surface area contributed by atoms with Gasteiger partial charge in [-0.3, -0.25) is 0 Å². The number of carbonyl (C=O) groups excluding carboxylic acids is 2.